The van der Waals surface area contributed by atoms with Gasteiger partial charge in [-0.2, -0.15) is 0 Å². The molecule has 0 radical (unpaired) electrons. The molecule has 0 aromatic rings. The van der Waals surface area contributed by atoms with E-state index in [2.05, 4.69) is 48.1 Å². The minimum atomic E-state index is -0.458. The van der Waals surface area contributed by atoms with Crippen molar-refractivity contribution in [2.45, 2.75) is 335 Å². The van der Waals surface area contributed by atoms with Crippen LogP contribution in [0.3, 0.4) is 0 Å². The van der Waals surface area contributed by atoms with Crippen molar-refractivity contribution in [3.63, 3.8) is 0 Å². The number of hydrogen-bond donors (Lipinski definition) is 4. The summed E-state index contributed by atoms with van der Waals surface area (Å²) < 4.78 is 0. The van der Waals surface area contributed by atoms with Crippen LogP contribution in [0.2, 0.25) is 0 Å². The third-order valence-electron chi connectivity index (χ3n) is 15.1. The number of nitrogens with zero attached hydrogens (tertiary/aromatic N) is 2. The second kappa shape index (κ2) is 49.4. The van der Waals surface area contributed by atoms with Gasteiger partial charge in [-0.3, -0.25) is 9.59 Å². The summed E-state index contributed by atoms with van der Waals surface area (Å²) in [5, 5.41) is 28.3. The van der Waals surface area contributed by atoms with Crippen molar-refractivity contribution in [3.05, 3.63) is 0 Å². The topological polar surface area (TPSA) is 105 Å². The van der Waals surface area contributed by atoms with Crippen molar-refractivity contribution in [2.24, 2.45) is 0 Å². The van der Waals surface area contributed by atoms with Crippen LogP contribution in [0.5, 0.6) is 0 Å². The highest BCUT2D eigenvalue weighted by Gasteiger charge is 2.32. The lowest BCUT2D eigenvalue weighted by atomic mass is 10.0. The molecule has 1 aliphatic heterocycles. The van der Waals surface area contributed by atoms with Crippen LogP contribution in [0.4, 0.5) is 0 Å². The number of aliphatic hydroxyl groups is 2. The van der Waals surface area contributed by atoms with Gasteiger partial charge in [0.1, 0.15) is 12.1 Å². The van der Waals surface area contributed by atoms with Gasteiger partial charge in [-0.15, -0.1) is 0 Å². The number of carbonyl (C=O) groups is 2. The predicted molar refractivity (Wildman–Crippen MR) is 295 cm³/mol. The number of hydrogen-bond acceptors (Lipinski definition) is 6. The molecule has 1 rings (SSSR count). The van der Waals surface area contributed by atoms with E-state index in [1.807, 2.05) is 0 Å². The standard InChI is InChI=1S/C60H120N4O4/c1-5-9-13-17-21-25-27-31-35-41-49-63(53-55(65)45-37-33-29-23-19-15-11-7-3)51-43-39-47-57-59(67)62-58(60(68)61-57)48-40-44-52-64(50-42-36-32-28-26-22-18-14-10-6-2)54-56(66)46-38-34-30-24-20-16-12-8-4/h55-58,65-66H,5-54H2,1-4H3,(H,61,68)(H,62,67)/t55-,56-,57-,58-/m1/s1. The normalized spacial score (nSPS) is 16.2. The number of carbonyl (C=O) groups excluding carboxylic acids is 2. The largest absolute Gasteiger partial charge is 0.392 e. The molecule has 8 nitrogen and oxygen atoms in total. The third kappa shape index (κ3) is 40.4. The second-order valence-corrected chi connectivity index (χ2v) is 21.9. The molecule has 1 aliphatic rings. The highest BCUT2D eigenvalue weighted by molar-refractivity contribution is 5.96. The first kappa shape index (κ1) is 64.8. The number of rotatable bonds is 54. The Labute approximate surface area is 424 Å². The summed E-state index contributed by atoms with van der Waals surface area (Å²) in [7, 11) is 0. The molecule has 8 heteroatoms. The van der Waals surface area contributed by atoms with E-state index in [4.69, 9.17) is 0 Å². The van der Waals surface area contributed by atoms with Crippen molar-refractivity contribution < 1.29 is 19.8 Å². The van der Waals surface area contributed by atoms with Crippen LogP contribution in [0.25, 0.3) is 0 Å². The van der Waals surface area contributed by atoms with E-state index in [1.54, 1.807) is 0 Å². The molecular weight excluding hydrogens is 841 g/mol. The summed E-state index contributed by atoms with van der Waals surface area (Å²) in [5.41, 5.74) is 0. The summed E-state index contributed by atoms with van der Waals surface area (Å²) in [4.78, 5) is 31.5. The number of amides is 2. The molecule has 404 valence electrons. The fourth-order valence-electron chi connectivity index (χ4n) is 10.5. The Morgan fingerprint density at radius 1 is 0.338 bits per heavy atom. The maximum absolute atomic E-state index is 13.3. The predicted octanol–water partition coefficient (Wildman–Crippen LogP) is 15.5. The lowest BCUT2D eigenvalue weighted by molar-refractivity contribution is -0.137. The van der Waals surface area contributed by atoms with E-state index in [-0.39, 0.29) is 24.0 Å². The molecule has 1 heterocycles. The SMILES string of the molecule is CCCCCCCCCCCCN(CCCC[C@H]1NC(=O)[C@@H](CCCCN(CCCCCCCCCCCC)C[C@H](O)CCCCCCCCCC)NC1=O)C[C@H](O)CCCCCCCCCC. The summed E-state index contributed by atoms with van der Waals surface area (Å²) >= 11 is 0. The first-order valence-electron chi connectivity index (χ1n) is 30.8. The molecule has 0 bridgehead atoms. The van der Waals surface area contributed by atoms with Gasteiger partial charge in [0, 0.05) is 13.1 Å². The van der Waals surface area contributed by atoms with E-state index in [9.17, 15) is 19.8 Å². The molecule has 68 heavy (non-hydrogen) atoms. The maximum Gasteiger partial charge on any atom is 0.243 e. The van der Waals surface area contributed by atoms with Gasteiger partial charge in [0.2, 0.25) is 11.8 Å². The first-order valence-corrected chi connectivity index (χ1v) is 30.8. The average molecular weight is 962 g/mol. The number of piperazine rings is 1. The highest BCUT2D eigenvalue weighted by atomic mass is 16.3. The molecule has 4 N–H and O–H groups in total. The van der Waals surface area contributed by atoms with Crippen LogP contribution < -0.4 is 10.6 Å². The molecule has 4 atom stereocenters. The van der Waals surface area contributed by atoms with Crippen LogP contribution >= 0.6 is 0 Å². The van der Waals surface area contributed by atoms with Gasteiger partial charge in [0.15, 0.2) is 0 Å². The minimum absolute atomic E-state index is 0.0377. The quantitative estimate of drug-likeness (QED) is 0.0453. The number of aliphatic hydroxyl groups excluding tert-OH is 2. The van der Waals surface area contributed by atoms with E-state index >= 15 is 0 Å². The van der Waals surface area contributed by atoms with Gasteiger partial charge in [-0.1, -0.05) is 246 Å². The Bertz CT molecular complexity index is 996. The van der Waals surface area contributed by atoms with Crippen LogP contribution in [0.1, 0.15) is 310 Å². The van der Waals surface area contributed by atoms with E-state index < -0.39 is 12.1 Å². The molecule has 0 aromatic carbocycles. The smallest absolute Gasteiger partial charge is 0.243 e. The van der Waals surface area contributed by atoms with Gasteiger partial charge in [-0.25, -0.2) is 0 Å². The minimum Gasteiger partial charge on any atom is -0.392 e. The van der Waals surface area contributed by atoms with E-state index in [1.165, 1.54) is 218 Å². The van der Waals surface area contributed by atoms with Crippen molar-refractivity contribution in [1.82, 2.24) is 20.4 Å². The van der Waals surface area contributed by atoms with E-state index in [0.717, 1.165) is 90.6 Å². The Kier molecular flexibility index (Phi) is 47.0. The number of unbranched alkanes of at least 4 members (excludes halogenated alkanes) is 34. The molecule has 0 aliphatic carbocycles. The number of nitrogens with one attached hydrogen (secondary N) is 2. The first-order chi connectivity index (χ1) is 33.3. The maximum atomic E-state index is 13.3. The van der Waals surface area contributed by atoms with Crippen LogP contribution in [-0.2, 0) is 9.59 Å². The Hall–Kier alpha value is -1.22. The molecule has 2 amide bonds. The third-order valence-corrected chi connectivity index (χ3v) is 15.1. The monoisotopic (exact) mass is 961 g/mol. The fourth-order valence-corrected chi connectivity index (χ4v) is 10.5. The van der Waals surface area contributed by atoms with Crippen LogP contribution in [0, 0.1) is 0 Å². The zero-order valence-corrected chi connectivity index (χ0v) is 46.3. The molecule has 0 spiro atoms. The van der Waals surface area contributed by atoms with E-state index in [0.29, 0.717) is 12.8 Å². The summed E-state index contributed by atoms with van der Waals surface area (Å²) in [6, 6.07) is -0.915. The van der Waals surface area contributed by atoms with Gasteiger partial charge in [0.25, 0.3) is 0 Å². The van der Waals surface area contributed by atoms with Crippen molar-refractivity contribution >= 4 is 11.8 Å². The second-order valence-electron chi connectivity index (χ2n) is 21.9. The lowest BCUT2D eigenvalue weighted by Crippen LogP contribution is -2.61. The molecule has 1 fully saturated rings. The zero-order valence-electron chi connectivity index (χ0n) is 46.3. The Balaban J connectivity index is 2.51. The molecule has 1 saturated heterocycles. The average Bonchev–Trinajstić information content (AvgIpc) is 3.33. The Morgan fingerprint density at radius 2 is 0.559 bits per heavy atom. The van der Waals surface area contributed by atoms with Crippen LogP contribution in [-0.4, -0.2) is 95.4 Å². The summed E-state index contributed by atoms with van der Waals surface area (Å²) in [5.74, 6) is -0.0754. The van der Waals surface area contributed by atoms with Gasteiger partial charge in [-0.05, 0) is 90.4 Å². The molecule has 0 saturated carbocycles. The van der Waals surface area contributed by atoms with Gasteiger partial charge >= 0.3 is 0 Å². The zero-order chi connectivity index (χ0) is 49.4. The van der Waals surface area contributed by atoms with Crippen molar-refractivity contribution in [2.75, 3.05) is 39.3 Å². The molecular formula is C60H120N4O4. The molecule has 0 unspecified atom stereocenters. The van der Waals surface area contributed by atoms with Crippen LogP contribution in [0.15, 0.2) is 0 Å². The van der Waals surface area contributed by atoms with Gasteiger partial charge < -0.3 is 30.6 Å². The Morgan fingerprint density at radius 3 is 0.824 bits per heavy atom. The van der Waals surface area contributed by atoms with Crippen molar-refractivity contribution in [3.8, 4) is 0 Å². The fraction of sp³-hybridized carbons (Fsp3) is 0.967. The highest BCUT2D eigenvalue weighted by Crippen LogP contribution is 2.18. The lowest BCUT2D eigenvalue weighted by Gasteiger charge is -2.30. The molecule has 0 aromatic heterocycles. The van der Waals surface area contributed by atoms with Gasteiger partial charge in [0.05, 0.1) is 12.2 Å². The summed E-state index contributed by atoms with van der Waals surface area (Å²) in [6.07, 6.45) is 53.4. The summed E-state index contributed by atoms with van der Waals surface area (Å²) in [6.45, 7) is 14.5. The van der Waals surface area contributed by atoms with Crippen molar-refractivity contribution in [1.29, 1.82) is 0 Å².